The molecule has 4 nitrogen and oxygen atoms in total. The number of aryl methyl sites for hydroxylation is 2. The molecule has 2 N–H and O–H groups in total. The van der Waals surface area contributed by atoms with Crippen molar-refractivity contribution in [1.29, 1.82) is 0 Å². The van der Waals surface area contributed by atoms with Gasteiger partial charge in [0.25, 0.3) is 5.91 Å². The van der Waals surface area contributed by atoms with Crippen molar-refractivity contribution >= 4 is 41.6 Å². The Labute approximate surface area is 178 Å². The van der Waals surface area contributed by atoms with E-state index in [4.69, 9.17) is 4.98 Å². The molecular weight excluding hydrogens is 393 g/mol. The molecule has 2 aromatic carbocycles. The van der Waals surface area contributed by atoms with Crippen LogP contribution in [0, 0.1) is 19.8 Å². The molecule has 1 amide bonds. The molecule has 3 aromatic rings. The van der Waals surface area contributed by atoms with Crippen LogP contribution in [-0.2, 0) is 0 Å². The fourth-order valence-corrected chi connectivity index (χ4v) is 3.43. The van der Waals surface area contributed by atoms with Crippen molar-refractivity contribution in [2.45, 2.75) is 13.8 Å². The van der Waals surface area contributed by atoms with Crippen LogP contribution < -0.4 is 10.6 Å². The predicted octanol–water partition coefficient (Wildman–Crippen LogP) is 4.31. The molecule has 2 heterocycles. The number of carbonyl (C=O) groups excluding carboxylic acids is 1. The van der Waals surface area contributed by atoms with E-state index in [0.29, 0.717) is 18.0 Å². The Hall–Kier alpha value is -2.14. The number of rotatable bonds is 4. The lowest BCUT2D eigenvalue weighted by atomic mass is 9.99. The molecule has 0 atom stereocenters. The van der Waals surface area contributed by atoms with E-state index in [1.165, 1.54) is 11.1 Å². The van der Waals surface area contributed by atoms with Gasteiger partial charge in [0.05, 0.1) is 16.8 Å². The van der Waals surface area contributed by atoms with Gasteiger partial charge in [-0.15, -0.1) is 24.8 Å². The molecule has 28 heavy (non-hydrogen) atoms. The summed E-state index contributed by atoms with van der Waals surface area (Å²) in [5.74, 6) is 0.507. The Bertz CT molecular complexity index is 987. The molecule has 0 aliphatic carbocycles. The van der Waals surface area contributed by atoms with Crippen LogP contribution in [0.25, 0.3) is 22.2 Å². The minimum Gasteiger partial charge on any atom is -0.352 e. The van der Waals surface area contributed by atoms with Gasteiger partial charge in [0, 0.05) is 36.5 Å². The number of para-hydroxylation sites is 1. The zero-order valence-electron chi connectivity index (χ0n) is 16.0. The van der Waals surface area contributed by atoms with Crippen LogP contribution in [0.5, 0.6) is 0 Å². The highest BCUT2D eigenvalue weighted by atomic mass is 35.5. The van der Waals surface area contributed by atoms with Crippen molar-refractivity contribution in [3.8, 4) is 11.3 Å². The van der Waals surface area contributed by atoms with E-state index < -0.39 is 0 Å². The Kier molecular flexibility index (Phi) is 7.41. The number of halogens is 2. The molecule has 4 rings (SSSR count). The van der Waals surface area contributed by atoms with Crippen molar-refractivity contribution in [3.63, 3.8) is 0 Å². The lowest BCUT2D eigenvalue weighted by Crippen LogP contribution is -2.48. The van der Waals surface area contributed by atoms with Gasteiger partial charge in [-0.1, -0.05) is 42.0 Å². The SMILES string of the molecule is Cc1ccc(-c2cc(C(=O)NCC3CNC3)c3ccccc3n2)c(C)c1.Cl.Cl. The predicted molar refractivity (Wildman–Crippen MR) is 120 cm³/mol. The van der Waals surface area contributed by atoms with Crippen LogP contribution >= 0.6 is 24.8 Å². The van der Waals surface area contributed by atoms with Gasteiger partial charge in [-0.2, -0.15) is 0 Å². The number of carbonyl (C=O) groups is 1. The zero-order chi connectivity index (χ0) is 18.1. The van der Waals surface area contributed by atoms with Crippen molar-refractivity contribution in [2.24, 2.45) is 5.92 Å². The number of pyridine rings is 1. The first-order chi connectivity index (χ1) is 12.6. The third kappa shape index (κ3) is 4.46. The van der Waals surface area contributed by atoms with Gasteiger partial charge in [0.15, 0.2) is 0 Å². The van der Waals surface area contributed by atoms with E-state index >= 15 is 0 Å². The zero-order valence-corrected chi connectivity index (χ0v) is 17.6. The molecule has 0 spiro atoms. The van der Waals surface area contributed by atoms with Crippen LogP contribution in [0.3, 0.4) is 0 Å². The summed E-state index contributed by atoms with van der Waals surface area (Å²) in [5.41, 5.74) is 5.84. The van der Waals surface area contributed by atoms with E-state index in [2.05, 4.69) is 42.7 Å². The minimum absolute atomic E-state index is 0. The van der Waals surface area contributed by atoms with Crippen molar-refractivity contribution in [3.05, 3.63) is 65.2 Å². The Balaban J connectivity index is 0.00000140. The number of amides is 1. The summed E-state index contributed by atoms with van der Waals surface area (Å²) < 4.78 is 0. The first-order valence-electron chi connectivity index (χ1n) is 9.08. The highest BCUT2D eigenvalue weighted by molar-refractivity contribution is 6.07. The average Bonchev–Trinajstić information content (AvgIpc) is 2.59. The summed E-state index contributed by atoms with van der Waals surface area (Å²) in [6, 6.07) is 16.1. The standard InChI is InChI=1S/C22H23N3O.2ClH/c1-14-7-8-17(15(2)9-14)21-10-19(18-5-3-4-6-20(18)25-21)22(26)24-13-16-11-23-12-16;;/h3-10,16,23H,11-13H2,1-2H3,(H,24,26);2*1H. The number of benzene rings is 2. The molecule has 1 saturated heterocycles. The smallest absolute Gasteiger partial charge is 0.252 e. The molecule has 0 saturated carbocycles. The Morgan fingerprint density at radius 3 is 2.54 bits per heavy atom. The number of fused-ring (bicyclic) bond motifs is 1. The van der Waals surface area contributed by atoms with Crippen LogP contribution in [0.4, 0.5) is 0 Å². The maximum Gasteiger partial charge on any atom is 0.252 e. The van der Waals surface area contributed by atoms with Crippen LogP contribution in [-0.4, -0.2) is 30.5 Å². The average molecular weight is 418 g/mol. The third-order valence-electron chi connectivity index (χ3n) is 5.04. The molecule has 1 aliphatic rings. The Morgan fingerprint density at radius 2 is 1.86 bits per heavy atom. The number of nitrogens with zero attached hydrogens (tertiary/aromatic N) is 1. The van der Waals surface area contributed by atoms with Crippen LogP contribution in [0.2, 0.25) is 0 Å². The molecule has 0 bridgehead atoms. The number of aromatic nitrogens is 1. The molecule has 1 aromatic heterocycles. The summed E-state index contributed by atoms with van der Waals surface area (Å²) in [7, 11) is 0. The third-order valence-corrected chi connectivity index (χ3v) is 5.04. The highest BCUT2D eigenvalue weighted by Crippen LogP contribution is 2.27. The van der Waals surface area contributed by atoms with E-state index in [0.717, 1.165) is 35.2 Å². The van der Waals surface area contributed by atoms with Gasteiger partial charge in [0.1, 0.15) is 0 Å². The van der Waals surface area contributed by atoms with Gasteiger partial charge in [-0.3, -0.25) is 4.79 Å². The second-order valence-corrected chi connectivity index (χ2v) is 7.12. The van der Waals surface area contributed by atoms with Crippen molar-refractivity contribution in [1.82, 2.24) is 15.6 Å². The van der Waals surface area contributed by atoms with Crippen LogP contribution in [0.1, 0.15) is 21.5 Å². The van der Waals surface area contributed by atoms with Gasteiger partial charge >= 0.3 is 0 Å². The monoisotopic (exact) mass is 417 g/mol. The fourth-order valence-electron chi connectivity index (χ4n) is 3.43. The maximum absolute atomic E-state index is 12.9. The van der Waals surface area contributed by atoms with Gasteiger partial charge in [0.2, 0.25) is 0 Å². The topological polar surface area (TPSA) is 54.0 Å². The molecule has 1 aliphatic heterocycles. The first-order valence-corrected chi connectivity index (χ1v) is 9.08. The maximum atomic E-state index is 12.9. The molecule has 0 radical (unpaired) electrons. The summed E-state index contributed by atoms with van der Waals surface area (Å²) in [4.78, 5) is 17.7. The summed E-state index contributed by atoms with van der Waals surface area (Å²) in [5, 5.41) is 7.22. The van der Waals surface area contributed by atoms with Crippen molar-refractivity contribution in [2.75, 3.05) is 19.6 Å². The van der Waals surface area contributed by atoms with E-state index in [9.17, 15) is 4.79 Å². The van der Waals surface area contributed by atoms with Gasteiger partial charge in [-0.25, -0.2) is 4.98 Å². The summed E-state index contributed by atoms with van der Waals surface area (Å²) >= 11 is 0. The highest BCUT2D eigenvalue weighted by Gasteiger charge is 2.19. The summed E-state index contributed by atoms with van der Waals surface area (Å²) in [6.07, 6.45) is 0. The second kappa shape index (κ2) is 9.37. The van der Waals surface area contributed by atoms with Gasteiger partial charge < -0.3 is 10.6 Å². The van der Waals surface area contributed by atoms with Crippen molar-refractivity contribution < 1.29 is 4.79 Å². The largest absolute Gasteiger partial charge is 0.352 e. The van der Waals surface area contributed by atoms with E-state index in [-0.39, 0.29) is 30.7 Å². The molecule has 148 valence electrons. The Morgan fingerprint density at radius 1 is 1.11 bits per heavy atom. The molecule has 1 fully saturated rings. The number of hydrogen-bond acceptors (Lipinski definition) is 3. The fraction of sp³-hybridized carbons (Fsp3) is 0.273. The molecule has 6 heteroatoms. The van der Waals surface area contributed by atoms with E-state index in [1.807, 2.05) is 30.3 Å². The van der Waals surface area contributed by atoms with Gasteiger partial charge in [-0.05, 0) is 31.5 Å². The number of hydrogen-bond donors (Lipinski definition) is 2. The van der Waals surface area contributed by atoms with Crippen LogP contribution in [0.15, 0.2) is 48.5 Å². The lowest BCUT2D eigenvalue weighted by molar-refractivity contribution is 0.0944. The first kappa shape index (κ1) is 22.2. The quantitative estimate of drug-likeness (QED) is 0.664. The lowest BCUT2D eigenvalue weighted by Gasteiger charge is -2.27. The number of nitrogens with one attached hydrogen (secondary N) is 2. The normalized spacial score (nSPS) is 13.2. The molecule has 0 unspecified atom stereocenters. The van der Waals surface area contributed by atoms with E-state index in [1.54, 1.807) is 0 Å². The second-order valence-electron chi connectivity index (χ2n) is 7.12. The summed E-state index contributed by atoms with van der Waals surface area (Å²) in [6.45, 7) is 6.83. The molecular formula is C22H25Cl2N3O. The minimum atomic E-state index is -0.0264.